The number of amides is 2. The lowest BCUT2D eigenvalue weighted by Crippen LogP contribution is -2.50. The molecule has 1 aliphatic heterocycles. The van der Waals surface area contributed by atoms with Crippen LogP contribution in [0.15, 0.2) is 52.9 Å². The summed E-state index contributed by atoms with van der Waals surface area (Å²) in [6.07, 6.45) is 0. The fraction of sp³-hybridized carbons (Fsp3) is 0.292. The van der Waals surface area contributed by atoms with E-state index in [4.69, 9.17) is 9.15 Å². The van der Waals surface area contributed by atoms with Crippen molar-refractivity contribution in [1.82, 2.24) is 9.80 Å². The van der Waals surface area contributed by atoms with E-state index in [1.165, 1.54) is 7.11 Å². The molecule has 166 valence electrons. The molecule has 4 rings (SSSR count). The molecule has 0 aliphatic carbocycles. The summed E-state index contributed by atoms with van der Waals surface area (Å²) in [5, 5.41) is 3.77. The summed E-state index contributed by atoms with van der Waals surface area (Å²) in [6.45, 7) is 4.26. The van der Waals surface area contributed by atoms with Gasteiger partial charge in [-0.05, 0) is 36.8 Å². The van der Waals surface area contributed by atoms with Crippen LogP contribution < -0.4 is 5.32 Å². The van der Waals surface area contributed by atoms with Crippen molar-refractivity contribution in [3.8, 4) is 0 Å². The summed E-state index contributed by atoms with van der Waals surface area (Å²) in [7, 11) is 1.32. The normalized spacial score (nSPS) is 14.4. The van der Waals surface area contributed by atoms with Crippen molar-refractivity contribution in [3.63, 3.8) is 0 Å². The predicted molar refractivity (Wildman–Crippen MR) is 120 cm³/mol. The van der Waals surface area contributed by atoms with Crippen LogP contribution in [0.25, 0.3) is 11.0 Å². The Kier molecular flexibility index (Phi) is 6.23. The van der Waals surface area contributed by atoms with E-state index in [1.807, 2.05) is 36.1 Å². The molecule has 8 heteroatoms. The quantitative estimate of drug-likeness (QED) is 0.620. The first-order valence-corrected chi connectivity index (χ1v) is 10.4. The van der Waals surface area contributed by atoms with Gasteiger partial charge in [-0.2, -0.15) is 0 Å². The summed E-state index contributed by atoms with van der Waals surface area (Å²) in [5.41, 5.74) is 2.51. The second kappa shape index (κ2) is 9.23. The number of carbonyl (C=O) groups is 3. The lowest BCUT2D eigenvalue weighted by Gasteiger charge is -2.33. The van der Waals surface area contributed by atoms with Crippen LogP contribution in [0, 0.1) is 6.92 Å². The molecule has 1 saturated heterocycles. The molecule has 3 aromatic rings. The summed E-state index contributed by atoms with van der Waals surface area (Å²) in [6, 6.07) is 14.3. The van der Waals surface area contributed by atoms with Gasteiger partial charge in [0.1, 0.15) is 5.58 Å². The number of rotatable bonds is 5. The smallest absolute Gasteiger partial charge is 0.337 e. The summed E-state index contributed by atoms with van der Waals surface area (Å²) >= 11 is 0. The molecule has 1 aromatic heterocycles. The van der Waals surface area contributed by atoms with Crippen LogP contribution in [0.3, 0.4) is 0 Å². The number of ether oxygens (including phenoxy) is 1. The van der Waals surface area contributed by atoms with Crippen LogP contribution in [0.4, 0.5) is 5.69 Å². The molecule has 32 heavy (non-hydrogen) atoms. The van der Waals surface area contributed by atoms with Gasteiger partial charge in [-0.15, -0.1) is 0 Å². The predicted octanol–water partition coefficient (Wildman–Crippen LogP) is 2.92. The maximum absolute atomic E-state index is 12.8. The second-order valence-corrected chi connectivity index (χ2v) is 7.79. The number of fused-ring (bicyclic) bond motifs is 1. The Balaban J connectivity index is 1.31. The van der Waals surface area contributed by atoms with Crippen LogP contribution in [0.2, 0.25) is 0 Å². The van der Waals surface area contributed by atoms with Crippen molar-refractivity contribution >= 4 is 34.4 Å². The maximum Gasteiger partial charge on any atom is 0.337 e. The highest BCUT2D eigenvalue weighted by molar-refractivity contribution is 5.97. The molecule has 0 spiro atoms. The molecular formula is C24H25N3O5. The third kappa shape index (κ3) is 4.65. The Morgan fingerprint density at radius 1 is 1.03 bits per heavy atom. The van der Waals surface area contributed by atoms with E-state index < -0.39 is 5.97 Å². The van der Waals surface area contributed by atoms with Crippen LogP contribution in [0.5, 0.6) is 0 Å². The number of furan rings is 1. The minimum Gasteiger partial charge on any atom is -0.465 e. The maximum atomic E-state index is 12.8. The minimum absolute atomic E-state index is 0.138. The van der Waals surface area contributed by atoms with Gasteiger partial charge in [-0.1, -0.05) is 24.3 Å². The number of nitrogens with zero attached hydrogens (tertiary/aromatic N) is 2. The first-order chi connectivity index (χ1) is 15.4. The van der Waals surface area contributed by atoms with Crippen LogP contribution in [-0.2, 0) is 9.53 Å². The van der Waals surface area contributed by atoms with Crippen molar-refractivity contribution in [2.75, 3.05) is 45.2 Å². The van der Waals surface area contributed by atoms with Crippen LogP contribution in [0.1, 0.15) is 26.5 Å². The zero-order valence-electron chi connectivity index (χ0n) is 18.1. The van der Waals surface area contributed by atoms with Gasteiger partial charge in [0.15, 0.2) is 5.76 Å². The Morgan fingerprint density at radius 3 is 2.50 bits per heavy atom. The molecular weight excluding hydrogens is 410 g/mol. The van der Waals surface area contributed by atoms with Crippen LogP contribution >= 0.6 is 0 Å². The van der Waals surface area contributed by atoms with Crippen molar-refractivity contribution in [1.29, 1.82) is 0 Å². The van der Waals surface area contributed by atoms with E-state index in [-0.39, 0.29) is 18.4 Å². The Bertz CT molecular complexity index is 1130. The lowest BCUT2D eigenvalue weighted by atomic mass is 10.1. The second-order valence-electron chi connectivity index (χ2n) is 7.79. The Morgan fingerprint density at radius 2 is 1.78 bits per heavy atom. The first-order valence-electron chi connectivity index (χ1n) is 10.4. The average molecular weight is 435 g/mol. The third-order valence-corrected chi connectivity index (χ3v) is 5.60. The van der Waals surface area contributed by atoms with Gasteiger partial charge in [0.05, 0.1) is 19.2 Å². The number of benzene rings is 2. The number of esters is 1. The Labute approximate surface area is 185 Å². The summed E-state index contributed by atoms with van der Waals surface area (Å²) in [4.78, 5) is 40.8. The molecule has 8 nitrogen and oxygen atoms in total. The molecule has 1 N–H and O–H groups in total. The number of methoxy groups -OCH3 is 1. The standard InChI is InChI=1S/C24H25N3O5/c1-16-7-8-18(24(30)31-2)13-19(16)25-22(28)15-26-9-11-27(12-10-26)23(29)21-14-17-5-3-4-6-20(17)32-21/h3-8,13-14H,9-12,15H2,1-2H3,(H,25,28). The zero-order chi connectivity index (χ0) is 22.7. The summed E-state index contributed by atoms with van der Waals surface area (Å²) in [5.74, 6) is -0.433. The molecule has 1 fully saturated rings. The monoisotopic (exact) mass is 435 g/mol. The van der Waals surface area contributed by atoms with Gasteiger partial charge in [0.2, 0.25) is 5.91 Å². The van der Waals surface area contributed by atoms with E-state index in [0.717, 1.165) is 10.9 Å². The number of piperazine rings is 1. The number of hydrogen-bond donors (Lipinski definition) is 1. The van der Waals surface area contributed by atoms with Crippen molar-refractivity contribution in [2.45, 2.75) is 6.92 Å². The average Bonchev–Trinajstić information content (AvgIpc) is 3.24. The van der Waals surface area contributed by atoms with E-state index in [1.54, 1.807) is 29.2 Å². The van der Waals surface area contributed by atoms with E-state index in [0.29, 0.717) is 48.8 Å². The van der Waals surface area contributed by atoms with Crippen molar-refractivity contribution < 1.29 is 23.5 Å². The largest absolute Gasteiger partial charge is 0.465 e. The third-order valence-electron chi connectivity index (χ3n) is 5.60. The highest BCUT2D eigenvalue weighted by Crippen LogP contribution is 2.21. The van der Waals surface area contributed by atoms with Crippen molar-refractivity contribution in [3.05, 3.63) is 65.4 Å². The Hall–Kier alpha value is -3.65. The van der Waals surface area contributed by atoms with E-state index in [2.05, 4.69) is 5.32 Å². The SMILES string of the molecule is COC(=O)c1ccc(C)c(NC(=O)CN2CCN(C(=O)c3cc4ccccc4o3)CC2)c1. The topological polar surface area (TPSA) is 92.1 Å². The molecule has 0 radical (unpaired) electrons. The lowest BCUT2D eigenvalue weighted by molar-refractivity contribution is -0.117. The van der Waals surface area contributed by atoms with Gasteiger partial charge in [-0.25, -0.2) is 4.79 Å². The fourth-order valence-corrected chi connectivity index (χ4v) is 3.75. The summed E-state index contributed by atoms with van der Waals surface area (Å²) < 4.78 is 10.4. The highest BCUT2D eigenvalue weighted by atomic mass is 16.5. The minimum atomic E-state index is -0.453. The molecule has 2 heterocycles. The number of aryl methyl sites for hydroxylation is 1. The number of para-hydroxylation sites is 1. The molecule has 0 atom stereocenters. The number of nitrogens with one attached hydrogen (secondary N) is 1. The molecule has 2 aromatic carbocycles. The van der Waals surface area contributed by atoms with Gasteiger partial charge >= 0.3 is 5.97 Å². The van der Waals surface area contributed by atoms with Gasteiger partial charge in [-0.3, -0.25) is 14.5 Å². The van der Waals surface area contributed by atoms with Gasteiger partial charge in [0.25, 0.3) is 5.91 Å². The van der Waals surface area contributed by atoms with E-state index in [9.17, 15) is 14.4 Å². The van der Waals surface area contributed by atoms with Crippen molar-refractivity contribution in [2.24, 2.45) is 0 Å². The fourth-order valence-electron chi connectivity index (χ4n) is 3.75. The molecule has 1 aliphatic rings. The highest BCUT2D eigenvalue weighted by Gasteiger charge is 2.25. The molecule has 0 unspecified atom stereocenters. The first kappa shape index (κ1) is 21.6. The van der Waals surface area contributed by atoms with Gasteiger partial charge < -0.3 is 19.4 Å². The number of carbonyl (C=O) groups excluding carboxylic acids is 3. The van der Waals surface area contributed by atoms with E-state index >= 15 is 0 Å². The molecule has 0 bridgehead atoms. The van der Waals surface area contributed by atoms with Crippen LogP contribution in [-0.4, -0.2) is 67.4 Å². The molecule has 0 saturated carbocycles. The zero-order valence-corrected chi connectivity index (χ0v) is 18.1. The molecule has 2 amide bonds. The number of anilines is 1. The number of hydrogen-bond acceptors (Lipinski definition) is 6. The van der Waals surface area contributed by atoms with Gasteiger partial charge in [0, 0.05) is 37.3 Å².